The fourth-order valence-electron chi connectivity index (χ4n) is 1.89. The Balaban J connectivity index is 1.96. The fraction of sp³-hybridized carbons (Fsp3) is 0.333. The molecule has 0 radical (unpaired) electrons. The molecule has 2 rings (SSSR count). The largest absolute Gasteiger partial charge is 0.357 e. The van der Waals surface area contributed by atoms with Gasteiger partial charge in [-0.2, -0.15) is 5.10 Å². The number of nitrogens with zero attached hydrogens (tertiary/aromatic N) is 3. The van der Waals surface area contributed by atoms with Crippen molar-refractivity contribution < 1.29 is 0 Å². The molecule has 0 aliphatic heterocycles. The average molecular weight is 306 g/mol. The Morgan fingerprint density at radius 3 is 2.81 bits per heavy atom. The standard InChI is InChI=1S/C15H20ClN5/c1-3-17-15(18-8-12-9-20-21(2)11-12)19-10-13-6-4-5-7-14(13)16/h4-7,9,11H,3,8,10H2,1-2H3,(H2,17,18,19). The van der Waals surface area contributed by atoms with E-state index in [9.17, 15) is 0 Å². The van der Waals surface area contributed by atoms with Crippen molar-refractivity contribution in [1.82, 2.24) is 20.4 Å². The van der Waals surface area contributed by atoms with Crippen molar-refractivity contribution in [2.45, 2.75) is 20.0 Å². The molecule has 0 aliphatic carbocycles. The topological polar surface area (TPSA) is 54.2 Å². The normalized spacial score (nSPS) is 11.5. The SMILES string of the molecule is CCNC(=NCc1cnn(C)c1)NCc1ccccc1Cl. The molecule has 0 atom stereocenters. The van der Waals surface area contributed by atoms with Crippen LogP contribution in [0.2, 0.25) is 5.02 Å². The average Bonchev–Trinajstić information content (AvgIpc) is 2.89. The van der Waals surface area contributed by atoms with Crippen LogP contribution in [-0.2, 0) is 20.1 Å². The molecule has 0 bridgehead atoms. The van der Waals surface area contributed by atoms with Gasteiger partial charge in [-0.3, -0.25) is 4.68 Å². The van der Waals surface area contributed by atoms with Gasteiger partial charge in [-0.05, 0) is 18.6 Å². The van der Waals surface area contributed by atoms with Crippen LogP contribution in [0.5, 0.6) is 0 Å². The molecule has 6 heteroatoms. The third kappa shape index (κ3) is 4.79. The second-order valence-electron chi connectivity index (χ2n) is 4.66. The van der Waals surface area contributed by atoms with E-state index >= 15 is 0 Å². The zero-order valence-corrected chi connectivity index (χ0v) is 13.1. The second-order valence-corrected chi connectivity index (χ2v) is 5.07. The van der Waals surface area contributed by atoms with Gasteiger partial charge < -0.3 is 10.6 Å². The maximum absolute atomic E-state index is 6.15. The van der Waals surface area contributed by atoms with E-state index in [0.29, 0.717) is 13.1 Å². The number of rotatable bonds is 5. The monoisotopic (exact) mass is 305 g/mol. The molecule has 0 saturated carbocycles. The molecule has 2 aromatic rings. The van der Waals surface area contributed by atoms with Crippen LogP contribution in [0.3, 0.4) is 0 Å². The fourth-order valence-corrected chi connectivity index (χ4v) is 2.09. The van der Waals surface area contributed by atoms with Gasteiger partial charge in [-0.15, -0.1) is 0 Å². The van der Waals surface area contributed by atoms with Crippen LogP contribution >= 0.6 is 11.6 Å². The van der Waals surface area contributed by atoms with Gasteiger partial charge in [0.2, 0.25) is 0 Å². The molecule has 2 N–H and O–H groups in total. The first-order valence-corrected chi connectivity index (χ1v) is 7.30. The molecule has 0 aliphatic rings. The number of aromatic nitrogens is 2. The van der Waals surface area contributed by atoms with Crippen molar-refractivity contribution in [3.05, 3.63) is 52.8 Å². The number of guanidine groups is 1. The lowest BCUT2D eigenvalue weighted by Gasteiger charge is -2.11. The van der Waals surface area contributed by atoms with Crippen LogP contribution < -0.4 is 10.6 Å². The lowest BCUT2D eigenvalue weighted by atomic mass is 10.2. The molecule has 0 spiro atoms. The second kappa shape index (κ2) is 7.69. The van der Waals surface area contributed by atoms with Crippen LogP contribution in [-0.4, -0.2) is 22.3 Å². The Bertz CT molecular complexity index is 606. The van der Waals surface area contributed by atoms with E-state index in [4.69, 9.17) is 11.6 Å². The van der Waals surface area contributed by atoms with E-state index in [1.165, 1.54) is 0 Å². The number of nitrogens with one attached hydrogen (secondary N) is 2. The summed E-state index contributed by atoms with van der Waals surface area (Å²) in [5.41, 5.74) is 2.12. The molecule has 112 valence electrons. The Morgan fingerprint density at radius 2 is 2.14 bits per heavy atom. The van der Waals surface area contributed by atoms with Crippen LogP contribution in [0.15, 0.2) is 41.7 Å². The van der Waals surface area contributed by atoms with E-state index in [0.717, 1.165) is 28.7 Å². The van der Waals surface area contributed by atoms with Crippen molar-refractivity contribution in [2.24, 2.45) is 12.0 Å². The van der Waals surface area contributed by atoms with Gasteiger partial charge in [0, 0.05) is 36.9 Å². The molecule has 0 unspecified atom stereocenters. The number of aryl methyl sites for hydroxylation is 1. The summed E-state index contributed by atoms with van der Waals surface area (Å²) < 4.78 is 1.77. The van der Waals surface area contributed by atoms with Crippen molar-refractivity contribution in [3.63, 3.8) is 0 Å². The highest BCUT2D eigenvalue weighted by Crippen LogP contribution is 2.14. The minimum atomic E-state index is 0.589. The van der Waals surface area contributed by atoms with Gasteiger partial charge in [0.05, 0.1) is 12.7 Å². The minimum Gasteiger partial charge on any atom is -0.357 e. The zero-order valence-electron chi connectivity index (χ0n) is 12.3. The van der Waals surface area contributed by atoms with E-state index in [1.54, 1.807) is 4.68 Å². The molecule has 0 saturated heterocycles. The highest BCUT2D eigenvalue weighted by atomic mass is 35.5. The zero-order chi connectivity index (χ0) is 15.1. The molecule has 21 heavy (non-hydrogen) atoms. The first-order valence-electron chi connectivity index (χ1n) is 6.92. The predicted octanol–water partition coefficient (Wildman–Crippen LogP) is 2.33. The van der Waals surface area contributed by atoms with E-state index in [-0.39, 0.29) is 0 Å². The summed E-state index contributed by atoms with van der Waals surface area (Å²) in [7, 11) is 1.90. The summed E-state index contributed by atoms with van der Waals surface area (Å²) in [6, 6.07) is 7.79. The molecule has 5 nitrogen and oxygen atoms in total. The van der Waals surface area contributed by atoms with Gasteiger partial charge in [-0.1, -0.05) is 29.8 Å². The number of halogens is 1. The third-order valence-electron chi connectivity index (χ3n) is 2.93. The Hall–Kier alpha value is -2.01. The van der Waals surface area contributed by atoms with Gasteiger partial charge in [-0.25, -0.2) is 4.99 Å². The van der Waals surface area contributed by atoms with Crippen LogP contribution in [0.25, 0.3) is 0 Å². The predicted molar refractivity (Wildman–Crippen MR) is 86.3 cm³/mol. The number of hydrogen-bond donors (Lipinski definition) is 2. The van der Waals surface area contributed by atoms with Crippen molar-refractivity contribution in [3.8, 4) is 0 Å². The molecule has 0 fully saturated rings. The Labute approximate surface area is 130 Å². The minimum absolute atomic E-state index is 0.589. The number of hydrogen-bond acceptors (Lipinski definition) is 2. The third-order valence-corrected chi connectivity index (χ3v) is 3.30. The highest BCUT2D eigenvalue weighted by molar-refractivity contribution is 6.31. The molecule has 1 aromatic heterocycles. The number of benzene rings is 1. The Kier molecular flexibility index (Phi) is 5.63. The summed E-state index contributed by atoms with van der Waals surface area (Å²) in [5.74, 6) is 0.765. The molecule has 1 aromatic carbocycles. The summed E-state index contributed by atoms with van der Waals surface area (Å²) in [6.45, 7) is 4.07. The molecule has 0 amide bonds. The van der Waals surface area contributed by atoms with Gasteiger partial charge in [0.25, 0.3) is 0 Å². The van der Waals surface area contributed by atoms with Crippen molar-refractivity contribution in [2.75, 3.05) is 6.54 Å². The van der Waals surface area contributed by atoms with E-state index in [1.807, 2.05) is 50.6 Å². The van der Waals surface area contributed by atoms with Gasteiger partial charge in [0.15, 0.2) is 5.96 Å². The summed E-state index contributed by atoms with van der Waals surface area (Å²) >= 11 is 6.15. The maximum Gasteiger partial charge on any atom is 0.191 e. The molecular formula is C15H20ClN5. The summed E-state index contributed by atoms with van der Waals surface area (Å²) in [4.78, 5) is 4.54. The van der Waals surface area contributed by atoms with Gasteiger partial charge in [0.1, 0.15) is 0 Å². The first-order chi connectivity index (χ1) is 10.2. The highest BCUT2D eigenvalue weighted by Gasteiger charge is 2.02. The lowest BCUT2D eigenvalue weighted by molar-refractivity contribution is 0.766. The van der Waals surface area contributed by atoms with Gasteiger partial charge >= 0.3 is 0 Å². The lowest BCUT2D eigenvalue weighted by Crippen LogP contribution is -2.36. The maximum atomic E-state index is 6.15. The van der Waals surface area contributed by atoms with Crippen LogP contribution in [0, 0.1) is 0 Å². The number of aliphatic imine (C=N–C) groups is 1. The van der Waals surface area contributed by atoms with Crippen molar-refractivity contribution >= 4 is 17.6 Å². The quantitative estimate of drug-likeness (QED) is 0.658. The van der Waals surface area contributed by atoms with Crippen molar-refractivity contribution in [1.29, 1.82) is 0 Å². The van der Waals surface area contributed by atoms with E-state index in [2.05, 4.69) is 20.7 Å². The molecule has 1 heterocycles. The van der Waals surface area contributed by atoms with Crippen LogP contribution in [0.4, 0.5) is 0 Å². The first kappa shape index (κ1) is 15.4. The molecular weight excluding hydrogens is 286 g/mol. The smallest absolute Gasteiger partial charge is 0.191 e. The van der Waals surface area contributed by atoms with Crippen LogP contribution in [0.1, 0.15) is 18.1 Å². The Morgan fingerprint density at radius 1 is 1.33 bits per heavy atom. The summed E-state index contributed by atoms with van der Waals surface area (Å²) in [6.07, 6.45) is 3.78. The summed E-state index contributed by atoms with van der Waals surface area (Å²) in [5, 5.41) is 11.4. The van der Waals surface area contributed by atoms with E-state index < -0.39 is 0 Å².